The number of benzene rings is 1. The van der Waals surface area contributed by atoms with E-state index in [1.54, 1.807) is 12.1 Å². The molecule has 108 valence electrons. The van der Waals surface area contributed by atoms with Gasteiger partial charge in [0.15, 0.2) is 5.78 Å². The van der Waals surface area contributed by atoms with Gasteiger partial charge in [0.05, 0.1) is 7.11 Å². The highest BCUT2D eigenvalue weighted by molar-refractivity contribution is 5.98. The molecule has 0 atom stereocenters. The number of rotatable bonds is 6. The van der Waals surface area contributed by atoms with E-state index in [1.165, 1.54) is 19.1 Å². The Morgan fingerprint density at radius 2 is 1.70 bits per heavy atom. The molecule has 0 aliphatic carbocycles. The number of carbonyl (C=O) groups is 3. The predicted octanol–water partition coefficient (Wildman–Crippen LogP) is 1.59. The van der Waals surface area contributed by atoms with E-state index in [0.717, 1.165) is 5.56 Å². The van der Waals surface area contributed by atoms with Crippen LogP contribution in [0, 0.1) is 6.92 Å². The van der Waals surface area contributed by atoms with Crippen LogP contribution in [0.3, 0.4) is 0 Å². The lowest BCUT2D eigenvalue weighted by atomic mass is 10.0. The van der Waals surface area contributed by atoms with E-state index in [0.29, 0.717) is 5.56 Å². The van der Waals surface area contributed by atoms with Crippen LogP contribution in [-0.4, -0.2) is 43.3 Å². The number of Topliss-reactive ketones (excluding diaryl/α,β-unsaturated/α-hetero) is 1. The van der Waals surface area contributed by atoms with Crippen LogP contribution in [0.2, 0.25) is 0 Å². The second-order valence-corrected chi connectivity index (χ2v) is 4.62. The molecule has 0 unspecified atom stereocenters. The van der Waals surface area contributed by atoms with Crippen LogP contribution in [0.4, 0.5) is 0 Å². The van der Waals surface area contributed by atoms with Gasteiger partial charge in [0.1, 0.15) is 6.54 Å². The smallest absolute Gasteiger partial charge is 0.325 e. The average Bonchev–Trinajstić information content (AvgIpc) is 2.44. The first-order chi connectivity index (χ1) is 9.43. The molecular weight excluding hydrogens is 258 g/mol. The van der Waals surface area contributed by atoms with E-state index in [-0.39, 0.29) is 31.1 Å². The molecule has 0 fully saturated rings. The van der Waals surface area contributed by atoms with Gasteiger partial charge in [-0.3, -0.25) is 14.4 Å². The van der Waals surface area contributed by atoms with Gasteiger partial charge in [0.2, 0.25) is 5.91 Å². The maximum Gasteiger partial charge on any atom is 0.325 e. The molecule has 0 saturated carbocycles. The van der Waals surface area contributed by atoms with Crippen LogP contribution < -0.4 is 0 Å². The molecule has 0 bridgehead atoms. The number of hydrogen-bond donors (Lipinski definition) is 0. The first-order valence-electron chi connectivity index (χ1n) is 6.34. The fourth-order valence-corrected chi connectivity index (χ4v) is 1.64. The lowest BCUT2D eigenvalue weighted by molar-refractivity contribution is -0.146. The van der Waals surface area contributed by atoms with E-state index in [1.807, 2.05) is 19.1 Å². The summed E-state index contributed by atoms with van der Waals surface area (Å²) >= 11 is 0. The van der Waals surface area contributed by atoms with Crippen molar-refractivity contribution in [2.24, 2.45) is 0 Å². The topological polar surface area (TPSA) is 63.7 Å². The molecule has 5 heteroatoms. The van der Waals surface area contributed by atoms with E-state index < -0.39 is 5.97 Å². The Morgan fingerprint density at radius 3 is 2.25 bits per heavy atom. The summed E-state index contributed by atoms with van der Waals surface area (Å²) < 4.78 is 4.48. The summed E-state index contributed by atoms with van der Waals surface area (Å²) in [5.41, 5.74) is 1.68. The van der Waals surface area contributed by atoms with Gasteiger partial charge < -0.3 is 9.64 Å². The zero-order valence-electron chi connectivity index (χ0n) is 12.0. The number of esters is 1. The number of likely N-dealkylation sites (N-methyl/N-ethyl adjacent to an activating group) is 1. The van der Waals surface area contributed by atoms with Crippen molar-refractivity contribution >= 4 is 17.7 Å². The predicted molar refractivity (Wildman–Crippen MR) is 74.4 cm³/mol. The quantitative estimate of drug-likeness (QED) is 0.585. The normalized spacial score (nSPS) is 9.95. The molecule has 1 aromatic carbocycles. The maximum atomic E-state index is 11.9. The van der Waals surface area contributed by atoms with Crippen LogP contribution in [0.25, 0.3) is 0 Å². The van der Waals surface area contributed by atoms with Crippen LogP contribution in [0.1, 0.15) is 28.8 Å². The fraction of sp³-hybridized carbons (Fsp3) is 0.400. The zero-order chi connectivity index (χ0) is 15.1. The molecule has 0 radical (unpaired) electrons. The number of amides is 1. The van der Waals surface area contributed by atoms with Crippen LogP contribution in [0.15, 0.2) is 24.3 Å². The van der Waals surface area contributed by atoms with Crippen molar-refractivity contribution < 1.29 is 19.1 Å². The van der Waals surface area contributed by atoms with Gasteiger partial charge in [-0.1, -0.05) is 29.8 Å². The summed E-state index contributed by atoms with van der Waals surface area (Å²) in [6.07, 6.45) is 0.216. The largest absolute Gasteiger partial charge is 0.468 e. The molecule has 0 heterocycles. The first-order valence-corrected chi connectivity index (χ1v) is 6.34. The Bertz CT molecular complexity index is 493. The van der Waals surface area contributed by atoms with Gasteiger partial charge in [-0.15, -0.1) is 0 Å². The Morgan fingerprint density at radius 1 is 1.10 bits per heavy atom. The lowest BCUT2D eigenvalue weighted by Gasteiger charge is -2.15. The van der Waals surface area contributed by atoms with Crippen molar-refractivity contribution in [2.75, 3.05) is 20.7 Å². The molecule has 0 spiro atoms. The molecule has 1 rings (SSSR count). The van der Waals surface area contributed by atoms with Crippen molar-refractivity contribution in [1.29, 1.82) is 0 Å². The van der Waals surface area contributed by atoms with E-state index >= 15 is 0 Å². The maximum absolute atomic E-state index is 11.9. The minimum absolute atomic E-state index is 0.0789. The number of aryl methyl sites for hydroxylation is 1. The molecule has 0 N–H and O–H groups in total. The number of nitrogens with zero attached hydrogens (tertiary/aromatic N) is 1. The number of methoxy groups -OCH3 is 1. The highest BCUT2D eigenvalue weighted by Gasteiger charge is 2.15. The van der Waals surface area contributed by atoms with Gasteiger partial charge in [-0.25, -0.2) is 0 Å². The minimum Gasteiger partial charge on any atom is -0.468 e. The van der Waals surface area contributed by atoms with Crippen LogP contribution >= 0.6 is 0 Å². The Labute approximate surface area is 118 Å². The molecule has 0 aromatic heterocycles. The van der Waals surface area contributed by atoms with Crippen molar-refractivity contribution in [3.8, 4) is 0 Å². The molecule has 1 aromatic rings. The van der Waals surface area contributed by atoms with Crippen LogP contribution in [0.5, 0.6) is 0 Å². The minimum atomic E-state index is -0.481. The zero-order valence-corrected chi connectivity index (χ0v) is 12.0. The summed E-state index contributed by atoms with van der Waals surface area (Å²) in [6, 6.07) is 7.22. The number of carbonyl (C=O) groups excluding carboxylic acids is 3. The third kappa shape index (κ3) is 4.84. The molecule has 20 heavy (non-hydrogen) atoms. The number of hydrogen-bond acceptors (Lipinski definition) is 4. The average molecular weight is 277 g/mol. The summed E-state index contributed by atoms with van der Waals surface area (Å²) in [6.45, 7) is 1.84. The van der Waals surface area contributed by atoms with E-state index in [2.05, 4.69) is 4.74 Å². The van der Waals surface area contributed by atoms with Gasteiger partial charge in [-0.05, 0) is 6.92 Å². The van der Waals surface area contributed by atoms with Gasteiger partial charge in [0.25, 0.3) is 0 Å². The van der Waals surface area contributed by atoms with Crippen LogP contribution in [-0.2, 0) is 14.3 Å². The SMILES string of the molecule is COC(=O)CN(C)C(=O)CCC(=O)c1ccc(C)cc1. The second kappa shape index (κ2) is 7.43. The summed E-state index contributed by atoms with van der Waals surface area (Å²) in [4.78, 5) is 35.9. The lowest BCUT2D eigenvalue weighted by Crippen LogP contribution is -2.32. The molecule has 5 nitrogen and oxygen atoms in total. The van der Waals surface area contributed by atoms with Gasteiger partial charge in [-0.2, -0.15) is 0 Å². The molecule has 0 aliphatic rings. The summed E-state index contributed by atoms with van der Waals surface area (Å²) in [5, 5.41) is 0. The Hall–Kier alpha value is -2.17. The Balaban J connectivity index is 2.46. The third-order valence-corrected chi connectivity index (χ3v) is 2.96. The standard InChI is InChI=1S/C15H19NO4/c1-11-4-6-12(7-5-11)13(17)8-9-14(18)16(2)10-15(19)20-3/h4-7H,8-10H2,1-3H3. The van der Waals surface area contributed by atoms with E-state index in [9.17, 15) is 14.4 Å². The molecule has 0 saturated heterocycles. The van der Waals surface area contributed by atoms with E-state index in [4.69, 9.17) is 0 Å². The summed E-state index contributed by atoms with van der Waals surface area (Å²) in [5.74, 6) is -0.814. The fourth-order valence-electron chi connectivity index (χ4n) is 1.64. The Kier molecular flexibility index (Phi) is 5.90. The summed E-state index contributed by atoms with van der Waals surface area (Å²) in [7, 11) is 2.77. The van der Waals surface area contributed by atoms with Crippen molar-refractivity contribution in [3.05, 3.63) is 35.4 Å². The first kappa shape index (κ1) is 15.9. The highest BCUT2D eigenvalue weighted by Crippen LogP contribution is 2.08. The highest BCUT2D eigenvalue weighted by atomic mass is 16.5. The van der Waals surface area contributed by atoms with Crippen molar-refractivity contribution in [2.45, 2.75) is 19.8 Å². The van der Waals surface area contributed by atoms with Crippen molar-refractivity contribution in [3.63, 3.8) is 0 Å². The molecular formula is C15H19NO4. The number of ether oxygens (including phenoxy) is 1. The van der Waals surface area contributed by atoms with Gasteiger partial charge >= 0.3 is 5.97 Å². The monoisotopic (exact) mass is 277 g/mol. The van der Waals surface area contributed by atoms with Gasteiger partial charge in [0, 0.05) is 25.5 Å². The second-order valence-electron chi connectivity index (χ2n) is 4.62. The van der Waals surface area contributed by atoms with Crippen molar-refractivity contribution in [1.82, 2.24) is 4.90 Å². The molecule has 0 aliphatic heterocycles. The molecule has 1 amide bonds. The number of ketones is 1. The third-order valence-electron chi connectivity index (χ3n) is 2.96.